The topological polar surface area (TPSA) is 29.9 Å². The minimum absolute atomic E-state index is 0.268. The van der Waals surface area contributed by atoms with Crippen molar-refractivity contribution in [3.8, 4) is 0 Å². The maximum absolute atomic E-state index is 6.39. The van der Waals surface area contributed by atoms with Crippen molar-refractivity contribution in [1.82, 2.24) is 14.9 Å². The fourth-order valence-corrected chi connectivity index (χ4v) is 2.81. The molecule has 0 amide bonds. The molecule has 2 aromatic rings. The van der Waals surface area contributed by atoms with Gasteiger partial charge in [0.1, 0.15) is 5.82 Å². The molecule has 0 radical (unpaired) electrons. The first-order valence-corrected chi connectivity index (χ1v) is 7.45. The molecule has 1 aromatic carbocycles. The molecule has 20 heavy (non-hydrogen) atoms. The molecule has 0 fully saturated rings. The summed E-state index contributed by atoms with van der Waals surface area (Å²) in [5, 5.41) is 4.36. The molecule has 0 saturated carbocycles. The van der Waals surface area contributed by atoms with Crippen LogP contribution >= 0.6 is 11.6 Å². The average molecular weight is 292 g/mol. The Labute approximate surface area is 126 Å². The Morgan fingerprint density at radius 2 is 2.20 bits per heavy atom. The monoisotopic (exact) mass is 291 g/mol. The van der Waals surface area contributed by atoms with E-state index >= 15 is 0 Å². The third-order valence-electron chi connectivity index (χ3n) is 3.56. The minimum atomic E-state index is 0.268. The van der Waals surface area contributed by atoms with E-state index in [1.165, 1.54) is 11.1 Å². The summed E-state index contributed by atoms with van der Waals surface area (Å²) in [5.74, 6) is 1.11. The van der Waals surface area contributed by atoms with Crippen LogP contribution in [0.4, 0.5) is 0 Å². The summed E-state index contributed by atoms with van der Waals surface area (Å²) >= 11 is 6.39. The van der Waals surface area contributed by atoms with E-state index in [-0.39, 0.29) is 6.04 Å². The smallest absolute Gasteiger partial charge is 0.108 e. The molecule has 1 aromatic heterocycles. The van der Waals surface area contributed by atoms with Gasteiger partial charge in [-0.15, -0.1) is 0 Å². The van der Waals surface area contributed by atoms with Gasteiger partial charge in [-0.05, 0) is 37.1 Å². The first kappa shape index (κ1) is 15.1. The molecular formula is C16H22ClN3. The van der Waals surface area contributed by atoms with Crippen molar-refractivity contribution in [2.24, 2.45) is 7.05 Å². The second kappa shape index (κ2) is 6.91. The lowest BCUT2D eigenvalue weighted by Crippen LogP contribution is -2.22. The van der Waals surface area contributed by atoms with E-state index in [4.69, 9.17) is 11.6 Å². The van der Waals surface area contributed by atoms with Crippen LogP contribution in [-0.4, -0.2) is 16.1 Å². The van der Waals surface area contributed by atoms with Gasteiger partial charge in [0.2, 0.25) is 0 Å². The number of nitrogens with zero attached hydrogens (tertiary/aromatic N) is 2. The molecule has 0 aliphatic heterocycles. The molecule has 108 valence electrons. The van der Waals surface area contributed by atoms with Gasteiger partial charge in [0.15, 0.2) is 0 Å². The van der Waals surface area contributed by atoms with Gasteiger partial charge in [0.25, 0.3) is 0 Å². The Balaban J connectivity index is 2.12. The van der Waals surface area contributed by atoms with E-state index < -0.39 is 0 Å². The van der Waals surface area contributed by atoms with Crippen LogP contribution in [-0.2, 0) is 13.5 Å². The molecule has 0 spiro atoms. The summed E-state index contributed by atoms with van der Waals surface area (Å²) in [6.45, 7) is 5.11. The third-order valence-corrected chi connectivity index (χ3v) is 3.89. The number of rotatable bonds is 6. The Kier molecular flexibility index (Phi) is 5.21. The van der Waals surface area contributed by atoms with Crippen LogP contribution in [0.5, 0.6) is 0 Å². The van der Waals surface area contributed by atoms with Crippen LogP contribution in [0, 0.1) is 6.92 Å². The van der Waals surface area contributed by atoms with Gasteiger partial charge >= 0.3 is 0 Å². The summed E-state index contributed by atoms with van der Waals surface area (Å²) in [6.07, 6.45) is 5.75. The molecule has 0 aliphatic carbocycles. The van der Waals surface area contributed by atoms with E-state index in [0.717, 1.165) is 30.2 Å². The zero-order valence-corrected chi connectivity index (χ0v) is 13.1. The number of imidazole rings is 1. The van der Waals surface area contributed by atoms with Crippen LogP contribution < -0.4 is 5.32 Å². The van der Waals surface area contributed by atoms with Crippen molar-refractivity contribution >= 4 is 11.6 Å². The molecule has 0 saturated heterocycles. The number of hydrogen-bond donors (Lipinski definition) is 1. The van der Waals surface area contributed by atoms with Gasteiger partial charge in [-0.1, -0.05) is 30.7 Å². The summed E-state index contributed by atoms with van der Waals surface area (Å²) in [7, 11) is 2.03. The van der Waals surface area contributed by atoms with E-state index in [2.05, 4.69) is 40.8 Å². The molecule has 4 heteroatoms. The highest BCUT2D eigenvalue weighted by Crippen LogP contribution is 2.27. The highest BCUT2D eigenvalue weighted by molar-refractivity contribution is 6.31. The fourth-order valence-electron chi connectivity index (χ4n) is 2.44. The molecule has 1 heterocycles. The largest absolute Gasteiger partial charge is 0.338 e. The number of aromatic nitrogens is 2. The lowest BCUT2D eigenvalue weighted by Gasteiger charge is -2.20. The fraction of sp³-hybridized carbons (Fsp3) is 0.438. The summed E-state index contributed by atoms with van der Waals surface area (Å²) in [6, 6.07) is 6.54. The zero-order chi connectivity index (χ0) is 14.5. The van der Waals surface area contributed by atoms with Crippen LogP contribution in [0.25, 0.3) is 0 Å². The first-order chi connectivity index (χ1) is 9.61. The second-order valence-electron chi connectivity index (χ2n) is 5.13. The second-order valence-corrected chi connectivity index (χ2v) is 5.54. The van der Waals surface area contributed by atoms with E-state index in [1.807, 2.05) is 25.5 Å². The third kappa shape index (κ3) is 3.62. The molecule has 2 rings (SSSR count). The summed E-state index contributed by atoms with van der Waals surface area (Å²) in [5.41, 5.74) is 2.37. The van der Waals surface area contributed by atoms with Gasteiger partial charge in [-0.2, -0.15) is 0 Å². The van der Waals surface area contributed by atoms with E-state index in [1.54, 1.807) is 0 Å². The normalized spacial score (nSPS) is 12.6. The van der Waals surface area contributed by atoms with Gasteiger partial charge < -0.3 is 9.88 Å². The molecular weight excluding hydrogens is 270 g/mol. The van der Waals surface area contributed by atoms with Crippen molar-refractivity contribution < 1.29 is 0 Å². The van der Waals surface area contributed by atoms with Crippen LogP contribution in [0.1, 0.15) is 36.3 Å². The molecule has 1 atom stereocenters. The molecule has 3 nitrogen and oxygen atoms in total. The lowest BCUT2D eigenvalue weighted by atomic mass is 10.0. The molecule has 1 N–H and O–H groups in total. The number of aryl methyl sites for hydroxylation is 3. The van der Waals surface area contributed by atoms with Gasteiger partial charge in [0, 0.05) is 36.9 Å². The van der Waals surface area contributed by atoms with Crippen molar-refractivity contribution in [3.05, 3.63) is 52.6 Å². The van der Waals surface area contributed by atoms with Crippen molar-refractivity contribution in [1.29, 1.82) is 0 Å². The number of halogens is 1. The van der Waals surface area contributed by atoms with Gasteiger partial charge in [0.05, 0.1) is 0 Å². The number of nitrogens with one attached hydrogen (secondary N) is 1. The maximum atomic E-state index is 6.39. The Bertz CT molecular complexity index is 563. The highest BCUT2D eigenvalue weighted by atomic mass is 35.5. The van der Waals surface area contributed by atoms with Crippen molar-refractivity contribution in [2.45, 2.75) is 32.7 Å². The van der Waals surface area contributed by atoms with E-state index in [0.29, 0.717) is 0 Å². The molecule has 1 unspecified atom stereocenters. The summed E-state index contributed by atoms with van der Waals surface area (Å²) in [4.78, 5) is 4.38. The SMILES string of the molecule is CCNC(CCc1nccn1C)c1ccc(C)cc1Cl. The van der Waals surface area contributed by atoms with Crippen molar-refractivity contribution in [3.63, 3.8) is 0 Å². The lowest BCUT2D eigenvalue weighted by molar-refractivity contribution is 0.506. The number of benzene rings is 1. The first-order valence-electron chi connectivity index (χ1n) is 7.07. The minimum Gasteiger partial charge on any atom is -0.338 e. The van der Waals surface area contributed by atoms with Crippen LogP contribution in [0.3, 0.4) is 0 Å². The van der Waals surface area contributed by atoms with E-state index in [9.17, 15) is 0 Å². The van der Waals surface area contributed by atoms with Gasteiger partial charge in [-0.25, -0.2) is 4.98 Å². The maximum Gasteiger partial charge on any atom is 0.108 e. The molecule has 0 aliphatic rings. The molecule has 0 bridgehead atoms. The predicted molar refractivity (Wildman–Crippen MR) is 84.1 cm³/mol. The van der Waals surface area contributed by atoms with Crippen LogP contribution in [0.15, 0.2) is 30.6 Å². The highest BCUT2D eigenvalue weighted by Gasteiger charge is 2.14. The summed E-state index contributed by atoms with van der Waals surface area (Å²) < 4.78 is 2.07. The average Bonchev–Trinajstić information content (AvgIpc) is 2.81. The predicted octanol–water partition coefficient (Wildman–Crippen LogP) is 3.67. The standard InChI is InChI=1S/C16H22ClN3/c1-4-18-15(7-8-16-19-9-10-20(16)3)13-6-5-12(2)11-14(13)17/h5-6,9-11,15,18H,4,7-8H2,1-3H3. The Hall–Kier alpha value is -1.32. The Morgan fingerprint density at radius 1 is 1.40 bits per heavy atom. The zero-order valence-electron chi connectivity index (χ0n) is 12.4. The quantitative estimate of drug-likeness (QED) is 0.880. The van der Waals surface area contributed by atoms with Gasteiger partial charge in [-0.3, -0.25) is 0 Å². The van der Waals surface area contributed by atoms with Crippen LogP contribution in [0.2, 0.25) is 5.02 Å². The van der Waals surface area contributed by atoms with Crippen molar-refractivity contribution in [2.75, 3.05) is 6.54 Å². The Morgan fingerprint density at radius 3 is 2.80 bits per heavy atom. The number of hydrogen-bond acceptors (Lipinski definition) is 2.